The fourth-order valence-electron chi connectivity index (χ4n) is 2.43. The van der Waals surface area contributed by atoms with E-state index in [0.29, 0.717) is 23.2 Å². The molecule has 1 aromatic heterocycles. The van der Waals surface area contributed by atoms with Gasteiger partial charge in [0.15, 0.2) is 5.82 Å². The molecule has 1 fully saturated rings. The zero-order valence-corrected chi connectivity index (χ0v) is 13.3. The van der Waals surface area contributed by atoms with Crippen molar-refractivity contribution in [1.82, 2.24) is 15.5 Å². The average Bonchev–Trinajstić information content (AvgIpc) is 3.25. The smallest absolute Gasteiger partial charge is 0.249 e. The maximum atomic E-state index is 13.6. The van der Waals surface area contributed by atoms with Crippen LogP contribution < -0.4 is 5.32 Å². The topological polar surface area (TPSA) is 68.0 Å². The number of nitrogens with zero attached hydrogens (tertiary/aromatic N) is 2. The zero-order valence-electron chi connectivity index (χ0n) is 13.3. The van der Waals surface area contributed by atoms with Crippen LogP contribution in [-0.2, 0) is 11.2 Å². The fraction of sp³-hybridized carbons (Fsp3) is 0.471. The molecule has 1 unspecified atom stereocenters. The number of hydrogen-bond donors (Lipinski definition) is 1. The lowest BCUT2D eigenvalue weighted by Crippen LogP contribution is -2.33. The maximum Gasteiger partial charge on any atom is 0.249 e. The molecular weight excluding hydrogens is 297 g/mol. The number of nitrogens with one attached hydrogen (secondary N) is 1. The van der Waals surface area contributed by atoms with Gasteiger partial charge in [-0.1, -0.05) is 37.2 Å². The van der Waals surface area contributed by atoms with Gasteiger partial charge in [-0.25, -0.2) is 4.39 Å². The van der Waals surface area contributed by atoms with Crippen molar-refractivity contribution in [2.45, 2.75) is 45.1 Å². The largest absolute Gasteiger partial charge is 0.344 e. The van der Waals surface area contributed by atoms with Crippen molar-refractivity contribution in [3.8, 4) is 0 Å². The van der Waals surface area contributed by atoms with E-state index in [1.807, 2.05) is 13.8 Å². The van der Waals surface area contributed by atoms with Gasteiger partial charge in [-0.3, -0.25) is 4.79 Å². The predicted octanol–water partition coefficient (Wildman–Crippen LogP) is 3.14. The van der Waals surface area contributed by atoms with Crippen molar-refractivity contribution in [1.29, 1.82) is 0 Å². The molecule has 0 spiro atoms. The van der Waals surface area contributed by atoms with Crippen LogP contribution in [0.3, 0.4) is 0 Å². The molecule has 5 nitrogen and oxygen atoms in total. The normalized spacial score (nSPS) is 15.7. The lowest BCUT2D eigenvalue weighted by atomic mass is 10.0. The molecule has 122 valence electrons. The van der Waals surface area contributed by atoms with Gasteiger partial charge in [0, 0.05) is 5.92 Å². The Morgan fingerprint density at radius 3 is 2.78 bits per heavy atom. The van der Waals surface area contributed by atoms with Gasteiger partial charge in [0.25, 0.3) is 0 Å². The standard InChI is InChI=1S/C17H20FN3O2/c1-10(2)15(17-20-16(21-23-17)11-7-8-11)19-14(22)9-12-5-3-4-6-13(12)18/h3-6,10-11,15H,7-9H2,1-2H3,(H,19,22). The number of carbonyl (C=O) groups excluding carboxylic acids is 1. The quantitative estimate of drug-likeness (QED) is 0.888. The van der Waals surface area contributed by atoms with E-state index in [-0.39, 0.29) is 30.1 Å². The summed E-state index contributed by atoms with van der Waals surface area (Å²) in [7, 11) is 0. The van der Waals surface area contributed by atoms with E-state index in [0.717, 1.165) is 12.8 Å². The van der Waals surface area contributed by atoms with Crippen molar-refractivity contribution in [2.24, 2.45) is 5.92 Å². The van der Waals surface area contributed by atoms with Crippen LogP contribution in [0.15, 0.2) is 28.8 Å². The molecule has 1 saturated carbocycles. The lowest BCUT2D eigenvalue weighted by Gasteiger charge is -2.18. The summed E-state index contributed by atoms with van der Waals surface area (Å²) >= 11 is 0. The van der Waals surface area contributed by atoms with E-state index >= 15 is 0 Å². The highest BCUT2D eigenvalue weighted by molar-refractivity contribution is 5.79. The van der Waals surface area contributed by atoms with Crippen LogP contribution in [0.2, 0.25) is 0 Å². The minimum Gasteiger partial charge on any atom is -0.344 e. The van der Waals surface area contributed by atoms with Crippen molar-refractivity contribution in [2.75, 3.05) is 0 Å². The molecular formula is C17H20FN3O2. The van der Waals surface area contributed by atoms with Gasteiger partial charge in [-0.05, 0) is 30.4 Å². The van der Waals surface area contributed by atoms with E-state index < -0.39 is 0 Å². The maximum absolute atomic E-state index is 13.6. The second-order valence-corrected chi connectivity index (χ2v) is 6.32. The SMILES string of the molecule is CC(C)C(NC(=O)Cc1ccccc1F)c1nc(C2CC2)no1. The van der Waals surface area contributed by atoms with Crippen LogP contribution in [0.25, 0.3) is 0 Å². The summed E-state index contributed by atoms with van der Waals surface area (Å²) in [6, 6.07) is 5.91. The first kappa shape index (κ1) is 15.6. The summed E-state index contributed by atoms with van der Waals surface area (Å²) in [6.07, 6.45) is 2.16. The van der Waals surface area contributed by atoms with E-state index in [4.69, 9.17) is 4.52 Å². The van der Waals surface area contributed by atoms with Crippen LogP contribution in [0, 0.1) is 11.7 Å². The number of aromatic nitrogens is 2. The van der Waals surface area contributed by atoms with Gasteiger partial charge >= 0.3 is 0 Å². The Labute approximate surface area is 134 Å². The number of hydrogen-bond acceptors (Lipinski definition) is 4. The summed E-state index contributed by atoms with van der Waals surface area (Å²) in [4.78, 5) is 16.6. The molecule has 0 radical (unpaired) electrons. The molecule has 3 rings (SSSR count). The van der Waals surface area contributed by atoms with E-state index in [1.165, 1.54) is 6.07 Å². The Bertz CT molecular complexity index is 695. The summed E-state index contributed by atoms with van der Waals surface area (Å²) < 4.78 is 19.0. The highest BCUT2D eigenvalue weighted by Crippen LogP contribution is 2.38. The van der Waals surface area contributed by atoms with Crippen LogP contribution in [-0.4, -0.2) is 16.0 Å². The molecule has 2 aromatic rings. The van der Waals surface area contributed by atoms with Gasteiger partial charge in [0.1, 0.15) is 11.9 Å². The first-order chi connectivity index (χ1) is 11.0. The average molecular weight is 317 g/mol. The van der Waals surface area contributed by atoms with E-state index in [1.54, 1.807) is 18.2 Å². The Balaban J connectivity index is 1.68. The molecule has 1 amide bonds. The molecule has 1 aromatic carbocycles. The van der Waals surface area contributed by atoms with Crippen molar-refractivity contribution in [3.05, 3.63) is 47.4 Å². The lowest BCUT2D eigenvalue weighted by molar-refractivity contribution is -0.121. The summed E-state index contributed by atoms with van der Waals surface area (Å²) in [6.45, 7) is 3.93. The Hall–Kier alpha value is -2.24. The molecule has 1 atom stereocenters. The van der Waals surface area contributed by atoms with Gasteiger partial charge < -0.3 is 9.84 Å². The van der Waals surface area contributed by atoms with Crippen LogP contribution in [0.1, 0.15) is 55.9 Å². The van der Waals surface area contributed by atoms with Crippen LogP contribution >= 0.6 is 0 Å². The highest BCUT2D eigenvalue weighted by atomic mass is 19.1. The second kappa shape index (κ2) is 6.48. The number of rotatable bonds is 6. The molecule has 23 heavy (non-hydrogen) atoms. The third-order valence-corrected chi connectivity index (χ3v) is 3.96. The Morgan fingerprint density at radius 2 is 2.13 bits per heavy atom. The third-order valence-electron chi connectivity index (χ3n) is 3.96. The van der Waals surface area contributed by atoms with Crippen molar-refractivity contribution < 1.29 is 13.7 Å². The number of benzene rings is 1. The number of amides is 1. The minimum atomic E-state index is -0.377. The number of carbonyl (C=O) groups is 1. The van der Waals surface area contributed by atoms with Gasteiger partial charge in [0.2, 0.25) is 11.8 Å². The van der Waals surface area contributed by atoms with Crippen molar-refractivity contribution >= 4 is 5.91 Å². The molecule has 1 N–H and O–H groups in total. The minimum absolute atomic E-state index is 0.0144. The molecule has 1 heterocycles. The Kier molecular flexibility index (Phi) is 4.41. The monoisotopic (exact) mass is 317 g/mol. The fourth-order valence-corrected chi connectivity index (χ4v) is 2.43. The molecule has 0 saturated heterocycles. The van der Waals surface area contributed by atoms with E-state index in [2.05, 4.69) is 15.5 Å². The number of halogens is 1. The Morgan fingerprint density at radius 1 is 1.39 bits per heavy atom. The molecule has 1 aliphatic rings. The van der Waals surface area contributed by atoms with Gasteiger partial charge in [0.05, 0.1) is 6.42 Å². The van der Waals surface area contributed by atoms with Crippen LogP contribution in [0.5, 0.6) is 0 Å². The highest BCUT2D eigenvalue weighted by Gasteiger charge is 2.31. The van der Waals surface area contributed by atoms with Crippen LogP contribution in [0.4, 0.5) is 4.39 Å². The van der Waals surface area contributed by atoms with Crippen molar-refractivity contribution in [3.63, 3.8) is 0 Å². The first-order valence-corrected chi connectivity index (χ1v) is 7.91. The summed E-state index contributed by atoms with van der Waals surface area (Å²) in [5, 5.41) is 6.87. The first-order valence-electron chi connectivity index (χ1n) is 7.91. The second-order valence-electron chi connectivity index (χ2n) is 6.32. The molecule has 0 aliphatic heterocycles. The van der Waals surface area contributed by atoms with Gasteiger partial charge in [-0.15, -0.1) is 0 Å². The van der Waals surface area contributed by atoms with E-state index in [9.17, 15) is 9.18 Å². The third kappa shape index (κ3) is 3.75. The van der Waals surface area contributed by atoms with Gasteiger partial charge in [-0.2, -0.15) is 4.98 Å². The molecule has 6 heteroatoms. The molecule has 1 aliphatic carbocycles. The predicted molar refractivity (Wildman–Crippen MR) is 82.1 cm³/mol. The summed E-state index contributed by atoms with van der Waals surface area (Å²) in [5.74, 6) is 0.983. The molecule has 0 bridgehead atoms. The zero-order chi connectivity index (χ0) is 16.4. The summed E-state index contributed by atoms with van der Waals surface area (Å²) in [5.41, 5.74) is 0.372.